The second-order valence-corrected chi connectivity index (χ2v) is 21.8. The number of carbonyl (C=O) groups is 1. The van der Waals surface area contributed by atoms with Gasteiger partial charge in [-0.05, 0) is 32.2 Å². The fourth-order valence-corrected chi connectivity index (χ4v) is 10.5. The summed E-state index contributed by atoms with van der Waals surface area (Å²) in [5.74, 6) is 0. The molecule has 410 valence electrons. The van der Waals surface area contributed by atoms with Crippen LogP contribution >= 0.6 is 0 Å². The van der Waals surface area contributed by atoms with Gasteiger partial charge in [0.25, 0.3) is 0 Å². The monoisotopic (exact) mass is 983 g/mol. The van der Waals surface area contributed by atoms with E-state index < -0.39 is 55.0 Å². The van der Waals surface area contributed by atoms with Crippen molar-refractivity contribution in [2.75, 3.05) is 26.8 Å². The van der Waals surface area contributed by atoms with Crippen LogP contribution in [0.2, 0.25) is 0 Å². The van der Waals surface area contributed by atoms with E-state index in [1.807, 2.05) is 0 Å². The molecule has 0 aromatic carbocycles. The Balaban J connectivity index is 1.68. The summed E-state index contributed by atoms with van der Waals surface area (Å²) in [7, 11) is 1.72. The Morgan fingerprint density at radius 1 is 0.551 bits per heavy atom. The molecular weight excluding hydrogens is 869 g/mol. The van der Waals surface area contributed by atoms with Crippen molar-refractivity contribution in [2.45, 2.75) is 339 Å². The Morgan fingerprint density at radius 2 is 0.942 bits per heavy atom. The number of amides is 1. The lowest BCUT2D eigenvalue weighted by Gasteiger charge is -2.41. The van der Waals surface area contributed by atoms with Gasteiger partial charge < -0.3 is 50.0 Å². The zero-order chi connectivity index (χ0) is 50.0. The lowest BCUT2D eigenvalue weighted by atomic mass is 9.95. The highest BCUT2D eigenvalue weighted by Gasteiger charge is 2.45. The number of aliphatic hydroxyl groups excluding tert-OH is 5. The van der Waals surface area contributed by atoms with Crippen molar-refractivity contribution in [3.63, 3.8) is 0 Å². The van der Waals surface area contributed by atoms with E-state index in [0.717, 1.165) is 70.6 Å². The van der Waals surface area contributed by atoms with E-state index >= 15 is 0 Å². The van der Waals surface area contributed by atoms with E-state index in [4.69, 9.17) is 14.2 Å². The molecule has 8 atom stereocenters. The van der Waals surface area contributed by atoms with E-state index in [1.54, 1.807) is 11.9 Å². The Labute approximate surface area is 424 Å². The van der Waals surface area contributed by atoms with Gasteiger partial charge in [-0.2, -0.15) is 0 Å². The second-order valence-electron chi connectivity index (χ2n) is 21.8. The number of nitrogens with zero attached hydrogens (tertiary/aromatic N) is 1. The predicted molar refractivity (Wildman–Crippen MR) is 285 cm³/mol. The van der Waals surface area contributed by atoms with Crippen LogP contribution in [-0.4, -0.2) is 118 Å². The van der Waals surface area contributed by atoms with Crippen LogP contribution in [0.4, 0.5) is 4.79 Å². The zero-order valence-corrected chi connectivity index (χ0v) is 45.3. The minimum Gasteiger partial charge on any atom is -0.447 e. The van der Waals surface area contributed by atoms with Crippen LogP contribution in [0.1, 0.15) is 284 Å². The third-order valence-corrected chi connectivity index (χ3v) is 15.5. The molecule has 0 aromatic rings. The average molecular weight is 984 g/mol. The third-order valence-electron chi connectivity index (χ3n) is 15.5. The van der Waals surface area contributed by atoms with Gasteiger partial charge >= 0.3 is 6.09 Å². The van der Waals surface area contributed by atoms with Gasteiger partial charge in [0.1, 0.15) is 31.0 Å². The van der Waals surface area contributed by atoms with E-state index in [2.05, 4.69) is 19.2 Å². The summed E-state index contributed by atoms with van der Waals surface area (Å²) in [6.07, 6.45) is 42.9. The molecule has 0 aromatic heterocycles. The second kappa shape index (κ2) is 44.4. The molecule has 1 saturated heterocycles. The van der Waals surface area contributed by atoms with Gasteiger partial charge in [0.05, 0.1) is 24.9 Å². The number of unbranched alkanes of at least 4 members (excludes halogenated alkanes) is 34. The Bertz CT molecular complexity index is 1130. The maximum Gasteiger partial charge on any atom is 0.409 e. The molecule has 0 radical (unpaired) electrons. The summed E-state index contributed by atoms with van der Waals surface area (Å²) < 4.78 is 17.4. The first kappa shape index (κ1) is 64.1. The Hall–Kier alpha value is -1.05. The van der Waals surface area contributed by atoms with Gasteiger partial charge in [-0.3, -0.25) is 0 Å². The molecule has 0 spiro atoms. The number of hydrogen-bond donors (Lipinski definition) is 6. The van der Waals surface area contributed by atoms with E-state index in [-0.39, 0.29) is 19.3 Å². The number of hydrogen-bond acceptors (Lipinski definition) is 10. The smallest absolute Gasteiger partial charge is 0.409 e. The van der Waals surface area contributed by atoms with Crippen LogP contribution in [0.5, 0.6) is 0 Å². The minimum absolute atomic E-state index is 0.0997. The molecule has 2 fully saturated rings. The van der Waals surface area contributed by atoms with Gasteiger partial charge in [-0.1, -0.05) is 258 Å². The molecule has 1 amide bonds. The van der Waals surface area contributed by atoms with Crippen molar-refractivity contribution in [2.24, 2.45) is 0 Å². The van der Waals surface area contributed by atoms with Crippen LogP contribution in [-0.2, 0) is 14.2 Å². The number of aliphatic hydroxyl groups is 5. The maximum atomic E-state index is 12.9. The summed E-state index contributed by atoms with van der Waals surface area (Å²) in [6.45, 7) is 4.76. The third kappa shape index (κ3) is 32.0. The van der Waals surface area contributed by atoms with E-state index in [0.29, 0.717) is 13.0 Å². The highest BCUT2D eigenvalue weighted by atomic mass is 16.7. The van der Waals surface area contributed by atoms with Crippen molar-refractivity contribution in [3.05, 3.63) is 0 Å². The number of rotatable bonds is 47. The normalized spacial score (nSPS) is 21.4. The molecule has 1 heterocycles. The molecule has 2 rings (SSSR count). The number of nitrogens with one attached hydrogen (secondary N) is 1. The minimum atomic E-state index is -1.59. The maximum absolute atomic E-state index is 12.9. The molecule has 2 aliphatic rings. The van der Waals surface area contributed by atoms with Crippen molar-refractivity contribution in [3.8, 4) is 0 Å². The Morgan fingerprint density at radius 3 is 1.36 bits per heavy atom. The predicted octanol–water partition coefficient (Wildman–Crippen LogP) is 13.4. The van der Waals surface area contributed by atoms with Crippen molar-refractivity contribution in [1.82, 2.24) is 10.2 Å². The standard InChI is InChI=1S/C58H114N2O9/c1-4-6-8-10-12-14-16-18-19-20-21-22-23-24-25-26-27-28-29-31-33-35-37-42-46-59-50(53(62)51(61)45-41-36-34-32-30-17-15-13-11-9-7-5-2)47-67-57-56(65)55(64)54(63)52(69-57)48-68-58(66)60(3)49-43-39-38-40-44-49/h49-57,59,61-65H,4-48H2,1-3H3/t50-,51+,52+,53-,54-,55-,56+,57-/m0/s1. The van der Waals surface area contributed by atoms with Crippen molar-refractivity contribution in [1.29, 1.82) is 0 Å². The molecule has 1 aliphatic heterocycles. The highest BCUT2D eigenvalue weighted by Crippen LogP contribution is 2.26. The molecule has 11 nitrogen and oxygen atoms in total. The molecule has 0 unspecified atom stereocenters. The summed E-state index contributed by atoms with van der Waals surface area (Å²) in [4.78, 5) is 14.5. The van der Waals surface area contributed by atoms with Crippen LogP contribution in [0.3, 0.4) is 0 Å². The summed E-state index contributed by atoms with van der Waals surface area (Å²) in [5.41, 5.74) is 0. The fraction of sp³-hybridized carbons (Fsp3) is 0.983. The first-order chi connectivity index (χ1) is 33.7. The van der Waals surface area contributed by atoms with Crippen molar-refractivity contribution >= 4 is 6.09 Å². The average Bonchev–Trinajstić information content (AvgIpc) is 3.36. The molecule has 11 heteroatoms. The topological polar surface area (TPSA) is 161 Å². The zero-order valence-electron chi connectivity index (χ0n) is 45.3. The van der Waals surface area contributed by atoms with Gasteiger partial charge in [-0.15, -0.1) is 0 Å². The Kier molecular flexibility index (Phi) is 41.3. The van der Waals surface area contributed by atoms with Gasteiger partial charge in [0.15, 0.2) is 6.29 Å². The SMILES string of the molecule is CCCCCCCCCCCCCCCCCCCCCCCCCCN[C@@H](CO[C@H]1O[C@H](COC(=O)N(C)C2CCCCC2)[C@H](O)[C@H](O)[C@H]1O)[C@H](O)[C@H](O)CCCCCCCCCCCCCC. The molecule has 0 bridgehead atoms. The first-order valence-corrected chi connectivity index (χ1v) is 30.0. The van der Waals surface area contributed by atoms with E-state index in [1.165, 1.54) is 193 Å². The molecule has 1 aliphatic carbocycles. The highest BCUT2D eigenvalue weighted by molar-refractivity contribution is 5.67. The lowest BCUT2D eigenvalue weighted by Crippen LogP contribution is -2.60. The van der Waals surface area contributed by atoms with Crippen LogP contribution < -0.4 is 5.32 Å². The summed E-state index contributed by atoms with van der Waals surface area (Å²) in [6, 6.07) is -0.548. The van der Waals surface area contributed by atoms with Crippen LogP contribution in [0, 0.1) is 0 Å². The molecule has 1 saturated carbocycles. The first-order valence-electron chi connectivity index (χ1n) is 30.0. The van der Waals surface area contributed by atoms with Gasteiger partial charge in [-0.25, -0.2) is 4.79 Å². The molecular formula is C58H114N2O9. The quantitative estimate of drug-likeness (QED) is 0.0324. The summed E-state index contributed by atoms with van der Waals surface area (Å²) >= 11 is 0. The van der Waals surface area contributed by atoms with Gasteiger partial charge in [0.2, 0.25) is 0 Å². The van der Waals surface area contributed by atoms with Crippen molar-refractivity contribution < 1.29 is 44.5 Å². The van der Waals surface area contributed by atoms with Crippen LogP contribution in [0.15, 0.2) is 0 Å². The molecule has 69 heavy (non-hydrogen) atoms. The number of carbonyl (C=O) groups excluding carboxylic acids is 1. The van der Waals surface area contributed by atoms with Crippen LogP contribution in [0.25, 0.3) is 0 Å². The fourth-order valence-electron chi connectivity index (χ4n) is 10.5. The molecule has 6 N–H and O–H groups in total. The largest absolute Gasteiger partial charge is 0.447 e. The number of ether oxygens (including phenoxy) is 3. The van der Waals surface area contributed by atoms with E-state index in [9.17, 15) is 30.3 Å². The lowest BCUT2D eigenvalue weighted by molar-refractivity contribution is -0.303. The summed E-state index contributed by atoms with van der Waals surface area (Å²) in [5, 5.41) is 58.4. The van der Waals surface area contributed by atoms with Gasteiger partial charge in [0, 0.05) is 13.1 Å².